The van der Waals surface area contributed by atoms with E-state index >= 15 is 0 Å². The lowest BCUT2D eigenvalue weighted by molar-refractivity contribution is 0.884. The zero-order valence-electron chi connectivity index (χ0n) is 21.5. The van der Waals surface area contributed by atoms with Crippen LogP contribution in [-0.2, 0) is 0 Å². The van der Waals surface area contributed by atoms with E-state index in [1.54, 1.807) is 0 Å². The summed E-state index contributed by atoms with van der Waals surface area (Å²) in [4.78, 5) is 0. The summed E-state index contributed by atoms with van der Waals surface area (Å²) in [6, 6.07) is 41.2. The van der Waals surface area contributed by atoms with Crippen molar-refractivity contribution in [2.24, 2.45) is 0 Å². The van der Waals surface area contributed by atoms with Crippen molar-refractivity contribution in [1.29, 1.82) is 5.41 Å². The van der Waals surface area contributed by atoms with Crippen molar-refractivity contribution in [3.63, 3.8) is 0 Å². The van der Waals surface area contributed by atoms with Crippen LogP contribution in [0.1, 0.15) is 29.0 Å². The smallest absolute Gasteiger partial charge is 0.0434 e. The van der Waals surface area contributed by atoms with E-state index in [1.807, 2.05) is 11.3 Å². The van der Waals surface area contributed by atoms with Crippen LogP contribution in [0.25, 0.3) is 48.0 Å². The van der Waals surface area contributed by atoms with Gasteiger partial charge < -0.3 is 5.41 Å². The molecule has 6 aromatic rings. The minimum Gasteiger partial charge on any atom is -0.308 e. The molecule has 0 amide bonds. The third-order valence-electron chi connectivity index (χ3n) is 7.77. The van der Waals surface area contributed by atoms with Crippen LogP contribution < -0.4 is 0 Å². The molecule has 1 atom stereocenters. The van der Waals surface area contributed by atoms with E-state index in [9.17, 15) is 0 Å². The summed E-state index contributed by atoms with van der Waals surface area (Å²) in [5.74, 6) is 0.265. The van der Waals surface area contributed by atoms with Crippen LogP contribution in [0.15, 0.2) is 133 Å². The Morgan fingerprint density at radius 3 is 2.03 bits per heavy atom. The molecule has 1 aliphatic carbocycles. The molecule has 7 rings (SSSR count). The predicted octanol–water partition coefficient (Wildman–Crippen LogP) is 10.5. The Kier molecular flexibility index (Phi) is 6.03. The van der Waals surface area contributed by atoms with Crippen molar-refractivity contribution in [1.82, 2.24) is 0 Å². The first-order chi connectivity index (χ1) is 19.3. The van der Waals surface area contributed by atoms with Gasteiger partial charge in [0.2, 0.25) is 0 Å². The third kappa shape index (κ3) is 4.14. The molecule has 1 aliphatic rings. The number of allylic oxidation sites excluding steroid dienone is 4. The first-order valence-electron chi connectivity index (χ1n) is 13.4. The van der Waals surface area contributed by atoms with Crippen LogP contribution in [0, 0.1) is 5.41 Å². The van der Waals surface area contributed by atoms with Gasteiger partial charge in [-0.15, -0.1) is 11.3 Å². The molecule has 1 nitrogen and oxygen atoms in total. The van der Waals surface area contributed by atoms with Crippen molar-refractivity contribution in [3.8, 4) is 22.3 Å². The second kappa shape index (κ2) is 9.98. The third-order valence-corrected chi connectivity index (χ3v) is 9.06. The summed E-state index contributed by atoms with van der Waals surface area (Å²) >= 11 is 1.88. The van der Waals surface area contributed by atoms with Crippen molar-refractivity contribution in [2.75, 3.05) is 0 Å². The van der Waals surface area contributed by atoms with E-state index < -0.39 is 0 Å². The molecule has 0 bridgehead atoms. The number of hydrogen-bond donors (Lipinski definition) is 1. The fraction of sp³-hybridized carbons (Fsp3) is 0.0541. The Bertz CT molecular complexity index is 1880. The van der Waals surface area contributed by atoms with E-state index in [0.29, 0.717) is 0 Å². The van der Waals surface area contributed by atoms with Gasteiger partial charge in [-0.05, 0) is 51.9 Å². The van der Waals surface area contributed by atoms with E-state index in [-0.39, 0.29) is 5.92 Å². The highest BCUT2D eigenvalue weighted by Crippen LogP contribution is 2.48. The van der Waals surface area contributed by atoms with Gasteiger partial charge in [0.05, 0.1) is 0 Å². The molecule has 39 heavy (non-hydrogen) atoms. The summed E-state index contributed by atoms with van der Waals surface area (Å²) in [6.07, 6.45) is 9.23. The summed E-state index contributed by atoms with van der Waals surface area (Å²) < 4.78 is 2.57. The maximum Gasteiger partial charge on any atom is 0.0434 e. The molecular weight excluding hydrogens is 490 g/mol. The van der Waals surface area contributed by atoms with Gasteiger partial charge in [0.25, 0.3) is 0 Å². The number of hydrogen-bond acceptors (Lipinski definition) is 2. The highest BCUT2D eigenvalue weighted by atomic mass is 32.1. The normalized spacial score (nSPS) is 15.0. The summed E-state index contributed by atoms with van der Waals surface area (Å²) in [5.41, 5.74) is 9.81. The monoisotopic (exact) mass is 517 g/mol. The van der Waals surface area contributed by atoms with Crippen LogP contribution >= 0.6 is 11.3 Å². The zero-order chi connectivity index (χ0) is 26.2. The number of thiophene rings is 1. The highest BCUT2D eigenvalue weighted by molar-refractivity contribution is 7.26. The molecule has 1 heterocycles. The molecule has 5 aromatic carbocycles. The minimum absolute atomic E-state index is 0.265. The Morgan fingerprint density at radius 1 is 0.667 bits per heavy atom. The Balaban J connectivity index is 1.54. The lowest BCUT2D eigenvalue weighted by Gasteiger charge is -2.23. The predicted molar refractivity (Wildman–Crippen MR) is 169 cm³/mol. The first-order valence-corrected chi connectivity index (χ1v) is 14.2. The van der Waals surface area contributed by atoms with E-state index in [1.165, 1.54) is 65.3 Å². The van der Waals surface area contributed by atoms with Crippen LogP contribution in [0.4, 0.5) is 0 Å². The molecule has 186 valence electrons. The van der Waals surface area contributed by atoms with Crippen LogP contribution in [-0.4, -0.2) is 6.21 Å². The summed E-state index contributed by atoms with van der Waals surface area (Å²) in [7, 11) is 0. The number of fused-ring (bicyclic) bond motifs is 3. The minimum atomic E-state index is 0.265. The van der Waals surface area contributed by atoms with Crippen molar-refractivity contribution in [2.45, 2.75) is 12.3 Å². The van der Waals surface area contributed by atoms with Crippen molar-refractivity contribution < 1.29 is 0 Å². The second-order valence-corrected chi connectivity index (χ2v) is 11.1. The Morgan fingerprint density at radius 2 is 1.33 bits per heavy atom. The van der Waals surface area contributed by atoms with E-state index in [2.05, 4.69) is 133 Å². The van der Waals surface area contributed by atoms with Crippen LogP contribution in [0.3, 0.4) is 0 Å². The number of benzene rings is 5. The number of nitrogens with one attached hydrogen (secondary N) is 1. The lowest BCUT2D eigenvalue weighted by Crippen LogP contribution is -2.04. The molecule has 0 fully saturated rings. The lowest BCUT2D eigenvalue weighted by atomic mass is 9.81. The van der Waals surface area contributed by atoms with Gasteiger partial charge >= 0.3 is 0 Å². The molecule has 1 N–H and O–H groups in total. The second-order valence-electron chi connectivity index (χ2n) is 10.0. The van der Waals surface area contributed by atoms with Gasteiger partial charge in [-0.2, -0.15) is 0 Å². The molecule has 2 heteroatoms. The molecule has 0 saturated heterocycles. The van der Waals surface area contributed by atoms with Gasteiger partial charge in [0, 0.05) is 43.4 Å². The first kappa shape index (κ1) is 23.6. The number of rotatable bonds is 5. The van der Waals surface area contributed by atoms with Gasteiger partial charge in [0.15, 0.2) is 0 Å². The quantitative estimate of drug-likeness (QED) is 0.220. The fourth-order valence-electron chi connectivity index (χ4n) is 5.90. The Hall–Kier alpha value is -4.53. The molecule has 0 aliphatic heterocycles. The van der Waals surface area contributed by atoms with Gasteiger partial charge in [0.1, 0.15) is 0 Å². The van der Waals surface area contributed by atoms with E-state index in [0.717, 1.165) is 12.0 Å². The average Bonchev–Trinajstić information content (AvgIpc) is 3.41. The maximum atomic E-state index is 8.32. The van der Waals surface area contributed by atoms with E-state index in [4.69, 9.17) is 5.41 Å². The van der Waals surface area contributed by atoms with Gasteiger partial charge in [-0.25, -0.2) is 0 Å². The molecule has 1 unspecified atom stereocenters. The van der Waals surface area contributed by atoms with Crippen LogP contribution in [0.2, 0.25) is 0 Å². The van der Waals surface area contributed by atoms with Gasteiger partial charge in [-0.3, -0.25) is 0 Å². The standard InChI is InChI=1S/C37H27NS/c38-24-28-20-21-32(31-19-11-10-18-30(31)26-14-6-2-7-15-26)37-35(28)34-23-29(25-12-4-1-5-13-25)22-33(36(34)39-37)27-16-8-3-9-17-27/h1-18,20-24,31,38H,19H2. The average molecular weight is 518 g/mol. The van der Waals surface area contributed by atoms with Crippen molar-refractivity contribution >= 4 is 43.3 Å². The molecular formula is C37H27NS. The summed E-state index contributed by atoms with van der Waals surface area (Å²) in [6.45, 7) is 0. The fourth-order valence-corrected chi connectivity index (χ4v) is 7.32. The molecule has 1 aromatic heterocycles. The zero-order valence-corrected chi connectivity index (χ0v) is 22.3. The van der Waals surface area contributed by atoms with Crippen molar-refractivity contribution in [3.05, 3.63) is 150 Å². The SMILES string of the molecule is N=Cc1ccc(C2CC=CC=C2c2ccccc2)c2sc3c(-c4ccccc4)cc(-c4ccccc4)cc3c12. The van der Waals surface area contributed by atoms with Crippen LogP contribution in [0.5, 0.6) is 0 Å². The summed E-state index contributed by atoms with van der Waals surface area (Å²) in [5, 5.41) is 10.7. The maximum absolute atomic E-state index is 8.32. The molecule has 0 radical (unpaired) electrons. The largest absolute Gasteiger partial charge is 0.308 e. The van der Waals surface area contributed by atoms with Gasteiger partial charge in [-0.1, -0.05) is 121 Å². The molecule has 0 spiro atoms. The topological polar surface area (TPSA) is 23.9 Å². The Labute approximate surface area is 232 Å². The molecule has 0 saturated carbocycles. The highest BCUT2D eigenvalue weighted by Gasteiger charge is 2.24.